The number of nitrogens with two attached hydrogens (primary N) is 1. The molecule has 3 rings (SSSR count). The molecule has 32 heavy (non-hydrogen) atoms. The third kappa shape index (κ3) is 4.38. The highest BCUT2D eigenvalue weighted by Gasteiger charge is 2.44. The maximum atomic E-state index is 14.7. The van der Waals surface area contributed by atoms with Gasteiger partial charge in [0.2, 0.25) is 21.9 Å². The van der Waals surface area contributed by atoms with E-state index < -0.39 is 33.0 Å². The van der Waals surface area contributed by atoms with Crippen LogP contribution in [0.4, 0.5) is 8.78 Å². The van der Waals surface area contributed by atoms with Crippen LogP contribution in [0.15, 0.2) is 35.6 Å². The van der Waals surface area contributed by atoms with Gasteiger partial charge in [-0.15, -0.1) is 12.8 Å². The number of rotatable bonds is 5. The van der Waals surface area contributed by atoms with Gasteiger partial charge in [-0.2, -0.15) is 0 Å². The molecule has 0 fully saturated rings. The van der Waals surface area contributed by atoms with Crippen molar-refractivity contribution in [1.29, 1.82) is 0 Å². The van der Waals surface area contributed by atoms with Crippen molar-refractivity contribution in [3.8, 4) is 30.6 Å². The third-order valence-corrected chi connectivity index (χ3v) is 6.39. The zero-order valence-electron chi connectivity index (χ0n) is 16.8. The van der Waals surface area contributed by atoms with Crippen molar-refractivity contribution < 1.29 is 21.9 Å². The molecule has 1 aliphatic heterocycles. The van der Waals surface area contributed by atoms with Gasteiger partial charge >= 0.3 is 0 Å². The van der Waals surface area contributed by atoms with Gasteiger partial charge in [0.05, 0.1) is 12.4 Å². The number of hydrogen-bond donors (Lipinski definition) is 1. The predicted octanol–water partition coefficient (Wildman–Crippen LogP) is 1.51. The molecule has 2 heterocycles. The molecule has 0 saturated carbocycles. The average molecular weight is 457 g/mol. The van der Waals surface area contributed by atoms with Gasteiger partial charge in [0.1, 0.15) is 17.3 Å². The minimum absolute atomic E-state index is 0.0137. The fraction of sp³-hybridized carbons (Fsp3) is 0.190. The second-order valence-corrected chi connectivity index (χ2v) is 8.66. The second-order valence-electron chi connectivity index (χ2n) is 6.66. The maximum absolute atomic E-state index is 14.7. The molecule has 0 aliphatic carbocycles. The standard InChI is InChI=1S/C21H17F2N5O3S/c1-4-8-31-19-12-25-18(11-26-19)17(23)10-14-6-7-16(22)15(9-14)21(5-2)13-32(29,30)28(3)20(24)27-21/h1-2,6-7,9-12H,8,13H2,3H3,(H2,24,27)/b17-10-/t21-/m0/s1. The first kappa shape index (κ1) is 22.7. The number of sulfonamides is 1. The number of halogens is 2. The Hall–Kier alpha value is -3.96. The molecular weight excluding hydrogens is 440 g/mol. The van der Waals surface area contributed by atoms with Crippen LogP contribution in [0.5, 0.6) is 5.88 Å². The molecule has 1 aliphatic rings. The van der Waals surface area contributed by atoms with Crippen molar-refractivity contribution in [2.45, 2.75) is 5.54 Å². The summed E-state index contributed by atoms with van der Waals surface area (Å²) in [5, 5.41) is 0. The normalized spacial score (nSPS) is 20.1. The Morgan fingerprint density at radius 1 is 1.38 bits per heavy atom. The van der Waals surface area contributed by atoms with E-state index >= 15 is 0 Å². The molecule has 0 unspecified atom stereocenters. The Bertz CT molecular complexity index is 1290. The molecule has 0 amide bonds. The molecule has 0 bridgehead atoms. The SMILES string of the molecule is C#CCOc1cnc(/C(F)=C/c2ccc(F)c([C@]3(C#C)CS(=O)(=O)N(C)C(N)=N3)c2)cn1. The summed E-state index contributed by atoms with van der Waals surface area (Å²) in [5.74, 6) is 1.94. The number of aliphatic imine (C=N–C) groups is 1. The summed E-state index contributed by atoms with van der Waals surface area (Å²) < 4.78 is 60.1. The highest BCUT2D eigenvalue weighted by molar-refractivity contribution is 7.89. The number of guanidine groups is 1. The lowest BCUT2D eigenvalue weighted by molar-refractivity contribution is 0.353. The van der Waals surface area contributed by atoms with E-state index in [0.29, 0.717) is 0 Å². The van der Waals surface area contributed by atoms with E-state index in [0.717, 1.165) is 22.6 Å². The molecule has 2 N–H and O–H groups in total. The van der Waals surface area contributed by atoms with Crippen LogP contribution < -0.4 is 10.5 Å². The smallest absolute Gasteiger partial charge is 0.240 e. The molecule has 0 radical (unpaired) electrons. The van der Waals surface area contributed by atoms with Gasteiger partial charge in [0, 0.05) is 12.6 Å². The van der Waals surface area contributed by atoms with Crippen molar-refractivity contribution >= 4 is 27.9 Å². The number of terminal acetylenes is 2. The maximum Gasteiger partial charge on any atom is 0.240 e. The van der Waals surface area contributed by atoms with Gasteiger partial charge in [0.25, 0.3) is 0 Å². The minimum Gasteiger partial charge on any atom is -0.463 e. The summed E-state index contributed by atoms with van der Waals surface area (Å²) in [4.78, 5) is 11.8. The first-order valence-electron chi connectivity index (χ1n) is 8.97. The largest absolute Gasteiger partial charge is 0.463 e. The number of benzene rings is 1. The van der Waals surface area contributed by atoms with Gasteiger partial charge in [-0.3, -0.25) is 0 Å². The topological polar surface area (TPSA) is 111 Å². The van der Waals surface area contributed by atoms with Gasteiger partial charge < -0.3 is 10.5 Å². The molecule has 1 aromatic heterocycles. The monoisotopic (exact) mass is 457 g/mol. The summed E-state index contributed by atoms with van der Waals surface area (Å²) in [5.41, 5.74) is 3.64. The van der Waals surface area contributed by atoms with Crippen LogP contribution in [0.2, 0.25) is 0 Å². The molecule has 164 valence electrons. The van der Waals surface area contributed by atoms with E-state index in [2.05, 4.69) is 26.8 Å². The lowest BCUT2D eigenvalue weighted by Crippen LogP contribution is -2.51. The van der Waals surface area contributed by atoms with Crippen LogP contribution in [-0.4, -0.2) is 48.1 Å². The summed E-state index contributed by atoms with van der Waals surface area (Å²) >= 11 is 0. The quantitative estimate of drug-likeness (QED) is 0.682. The van der Waals surface area contributed by atoms with E-state index in [9.17, 15) is 17.2 Å². The molecule has 0 saturated heterocycles. The molecule has 1 atom stereocenters. The number of hydrogen-bond acceptors (Lipinski definition) is 7. The van der Waals surface area contributed by atoms with Crippen molar-refractivity contribution in [2.24, 2.45) is 10.7 Å². The predicted molar refractivity (Wildman–Crippen MR) is 115 cm³/mol. The second kappa shape index (κ2) is 8.65. The molecular formula is C21H17F2N5O3S. The Kier molecular flexibility index (Phi) is 6.14. The number of ether oxygens (including phenoxy) is 1. The van der Waals surface area contributed by atoms with Crippen LogP contribution in [0.25, 0.3) is 11.9 Å². The van der Waals surface area contributed by atoms with Crippen LogP contribution in [-0.2, 0) is 15.6 Å². The third-order valence-electron chi connectivity index (χ3n) is 4.58. The Morgan fingerprint density at radius 3 is 2.72 bits per heavy atom. The fourth-order valence-electron chi connectivity index (χ4n) is 2.89. The summed E-state index contributed by atoms with van der Waals surface area (Å²) in [6.07, 6.45) is 14.1. The van der Waals surface area contributed by atoms with E-state index in [4.69, 9.17) is 23.3 Å². The van der Waals surface area contributed by atoms with Gasteiger partial charge in [0.15, 0.2) is 18.0 Å². The van der Waals surface area contributed by atoms with Crippen LogP contribution in [0.3, 0.4) is 0 Å². The number of nitrogens with zero attached hydrogens (tertiary/aromatic N) is 4. The highest BCUT2D eigenvalue weighted by atomic mass is 32.2. The average Bonchev–Trinajstić information content (AvgIpc) is 2.77. The summed E-state index contributed by atoms with van der Waals surface area (Å²) in [6, 6.07) is 3.54. The lowest BCUT2D eigenvalue weighted by atomic mass is 9.91. The Labute approximate surface area is 183 Å². The van der Waals surface area contributed by atoms with Crippen molar-refractivity contribution in [2.75, 3.05) is 19.4 Å². The van der Waals surface area contributed by atoms with Crippen LogP contribution in [0, 0.1) is 30.5 Å². The van der Waals surface area contributed by atoms with Crippen LogP contribution >= 0.6 is 0 Å². The van der Waals surface area contributed by atoms with Crippen molar-refractivity contribution in [1.82, 2.24) is 14.3 Å². The zero-order chi connectivity index (χ0) is 23.5. The highest BCUT2D eigenvalue weighted by Crippen LogP contribution is 2.34. The summed E-state index contributed by atoms with van der Waals surface area (Å²) in [6.45, 7) is -0.0137. The van der Waals surface area contributed by atoms with E-state index in [1.165, 1.54) is 25.4 Å². The fourth-order valence-corrected chi connectivity index (χ4v) is 4.24. The number of aromatic nitrogens is 2. The van der Waals surface area contributed by atoms with E-state index in [1.807, 2.05) is 0 Å². The molecule has 11 heteroatoms. The minimum atomic E-state index is -3.95. The first-order valence-corrected chi connectivity index (χ1v) is 10.6. The van der Waals surface area contributed by atoms with Gasteiger partial charge in [-0.05, 0) is 23.8 Å². The lowest BCUT2D eigenvalue weighted by Gasteiger charge is -2.33. The van der Waals surface area contributed by atoms with Crippen molar-refractivity contribution in [3.63, 3.8) is 0 Å². The van der Waals surface area contributed by atoms with E-state index in [-0.39, 0.29) is 35.3 Å². The molecule has 1 aromatic carbocycles. The van der Waals surface area contributed by atoms with Crippen molar-refractivity contribution in [3.05, 3.63) is 53.2 Å². The zero-order valence-corrected chi connectivity index (χ0v) is 17.6. The van der Waals surface area contributed by atoms with Crippen LogP contribution in [0.1, 0.15) is 16.8 Å². The Balaban J connectivity index is 2.00. The molecule has 8 nitrogen and oxygen atoms in total. The van der Waals surface area contributed by atoms with Gasteiger partial charge in [-0.1, -0.05) is 17.9 Å². The Morgan fingerprint density at radius 2 is 2.12 bits per heavy atom. The first-order chi connectivity index (χ1) is 15.1. The summed E-state index contributed by atoms with van der Waals surface area (Å²) in [7, 11) is -2.74. The van der Waals surface area contributed by atoms with Gasteiger partial charge in [-0.25, -0.2) is 36.5 Å². The molecule has 2 aromatic rings. The molecule has 0 spiro atoms. The van der Waals surface area contributed by atoms with E-state index in [1.54, 1.807) is 0 Å².